The molecule has 0 heterocycles. The summed E-state index contributed by atoms with van der Waals surface area (Å²) in [6, 6.07) is 0. The quantitative estimate of drug-likeness (QED) is 0.139. The maximum absolute atomic E-state index is 10.9. The maximum atomic E-state index is 10.9. The standard InChI is InChI=1S/C15H32N2O8P2/c18-16-14(26(20,21)22)12-10-8-6-4-2-1-3-5-7-9-11-13-15(17-19)27(23,24)25/h14-15H,1-13H2,(H2,20,21,22)(H2,23,24,25). The number of hydrogen-bond donors (Lipinski definition) is 4. The summed E-state index contributed by atoms with van der Waals surface area (Å²) in [4.78, 5) is 56.3. The molecule has 0 aliphatic heterocycles. The Morgan fingerprint density at radius 3 is 0.926 bits per heavy atom. The van der Waals surface area contributed by atoms with Gasteiger partial charge in [-0.2, -0.15) is 0 Å². The van der Waals surface area contributed by atoms with E-state index in [0.29, 0.717) is 12.8 Å². The van der Waals surface area contributed by atoms with Gasteiger partial charge < -0.3 is 19.6 Å². The molecule has 0 radical (unpaired) electrons. The first-order valence-corrected chi connectivity index (χ1v) is 12.7. The third-order valence-electron chi connectivity index (χ3n) is 4.44. The fourth-order valence-corrected chi connectivity index (χ4v) is 4.09. The molecule has 4 N–H and O–H groups in total. The van der Waals surface area contributed by atoms with Crippen molar-refractivity contribution in [2.75, 3.05) is 0 Å². The molecule has 160 valence electrons. The van der Waals surface area contributed by atoms with E-state index in [9.17, 15) is 18.9 Å². The summed E-state index contributed by atoms with van der Waals surface area (Å²) in [6.07, 6.45) is 10.2. The Morgan fingerprint density at radius 1 is 0.519 bits per heavy atom. The fraction of sp³-hybridized carbons (Fsp3) is 1.00. The predicted molar refractivity (Wildman–Crippen MR) is 103 cm³/mol. The summed E-state index contributed by atoms with van der Waals surface area (Å²) < 4.78 is 21.9. The predicted octanol–water partition coefficient (Wildman–Crippen LogP) is 4.60. The molecule has 0 aliphatic rings. The third-order valence-corrected chi connectivity index (χ3v) is 6.70. The van der Waals surface area contributed by atoms with Gasteiger partial charge in [-0.05, 0) is 12.8 Å². The normalized spacial score (nSPS) is 14.7. The molecule has 0 aromatic rings. The molecule has 0 saturated heterocycles. The van der Waals surface area contributed by atoms with Gasteiger partial charge in [0.1, 0.15) is 0 Å². The van der Waals surface area contributed by atoms with Gasteiger partial charge in [0.25, 0.3) is 0 Å². The average Bonchev–Trinajstić information content (AvgIpc) is 2.56. The Balaban J connectivity index is 3.46. The number of rotatable bonds is 18. The molecule has 2 unspecified atom stereocenters. The van der Waals surface area contributed by atoms with E-state index in [1.165, 1.54) is 0 Å². The highest BCUT2D eigenvalue weighted by atomic mass is 31.2. The van der Waals surface area contributed by atoms with Gasteiger partial charge >= 0.3 is 15.2 Å². The summed E-state index contributed by atoms with van der Waals surface area (Å²) in [5.74, 6) is -2.84. The first-order valence-electron chi connectivity index (χ1n) is 9.38. The van der Waals surface area contributed by atoms with Crippen LogP contribution in [0.1, 0.15) is 83.5 Å². The zero-order chi connectivity index (χ0) is 20.8. The number of nitrogens with zero attached hydrogens (tertiary/aromatic N) is 2. The minimum Gasteiger partial charge on any atom is -0.323 e. The minimum absolute atomic E-state index is 0.121. The highest BCUT2D eigenvalue weighted by molar-refractivity contribution is 7.52. The summed E-state index contributed by atoms with van der Waals surface area (Å²) >= 11 is 0. The van der Waals surface area contributed by atoms with Crippen LogP contribution in [-0.2, 0) is 9.13 Å². The Labute approximate surface area is 159 Å². The van der Waals surface area contributed by atoms with Gasteiger partial charge in [-0.25, -0.2) is 0 Å². The Bertz CT molecular complexity index is 464. The van der Waals surface area contributed by atoms with E-state index in [-0.39, 0.29) is 12.8 Å². The van der Waals surface area contributed by atoms with E-state index in [1.807, 2.05) is 0 Å². The van der Waals surface area contributed by atoms with Gasteiger partial charge in [-0.1, -0.05) is 81.0 Å². The minimum atomic E-state index is -4.41. The van der Waals surface area contributed by atoms with Crippen LogP contribution < -0.4 is 0 Å². The summed E-state index contributed by atoms with van der Waals surface area (Å²) in [6.45, 7) is 0. The van der Waals surface area contributed by atoms with E-state index >= 15 is 0 Å². The second-order valence-corrected chi connectivity index (χ2v) is 10.4. The van der Waals surface area contributed by atoms with E-state index in [0.717, 1.165) is 57.8 Å². The summed E-state index contributed by atoms with van der Waals surface area (Å²) in [5, 5.41) is 5.00. The van der Waals surface area contributed by atoms with E-state index < -0.39 is 26.8 Å². The first kappa shape index (κ1) is 26.5. The van der Waals surface area contributed by atoms with Crippen molar-refractivity contribution in [1.29, 1.82) is 0 Å². The number of nitroso groups, excluding NO2 is 2. The van der Waals surface area contributed by atoms with Crippen molar-refractivity contribution in [2.45, 2.75) is 95.0 Å². The summed E-state index contributed by atoms with van der Waals surface area (Å²) in [5.41, 5.74) is 0. The van der Waals surface area contributed by atoms with Gasteiger partial charge in [0, 0.05) is 0 Å². The van der Waals surface area contributed by atoms with Crippen LogP contribution >= 0.6 is 15.2 Å². The van der Waals surface area contributed by atoms with Crippen LogP contribution in [0.25, 0.3) is 0 Å². The van der Waals surface area contributed by atoms with Gasteiger partial charge in [0.15, 0.2) is 11.6 Å². The molecule has 12 heteroatoms. The highest BCUT2D eigenvalue weighted by Gasteiger charge is 2.29. The first-order chi connectivity index (χ1) is 12.6. The molecule has 0 rings (SSSR count). The van der Waals surface area contributed by atoms with Crippen LogP contribution in [0, 0.1) is 9.81 Å². The van der Waals surface area contributed by atoms with Crippen molar-refractivity contribution >= 4 is 15.2 Å². The van der Waals surface area contributed by atoms with Crippen LogP contribution in [-0.4, -0.2) is 31.1 Å². The molecular weight excluding hydrogens is 398 g/mol. The Hall–Kier alpha value is -0.500. The molecule has 0 fully saturated rings. The van der Waals surface area contributed by atoms with E-state index in [2.05, 4.69) is 10.4 Å². The molecule has 2 atom stereocenters. The number of hydrogen-bond acceptors (Lipinski definition) is 6. The van der Waals surface area contributed by atoms with Crippen LogP contribution in [0.5, 0.6) is 0 Å². The van der Waals surface area contributed by atoms with Crippen molar-refractivity contribution < 1.29 is 28.7 Å². The second kappa shape index (κ2) is 14.5. The lowest BCUT2D eigenvalue weighted by atomic mass is 10.0. The van der Waals surface area contributed by atoms with Crippen LogP contribution in [0.4, 0.5) is 0 Å². The Kier molecular flexibility index (Phi) is 14.2. The SMILES string of the molecule is O=NC(CCCCCCCCCCCCCC(N=O)P(=O)(O)O)P(=O)(O)O. The van der Waals surface area contributed by atoms with Gasteiger partial charge in [-0.15, -0.1) is 9.81 Å². The van der Waals surface area contributed by atoms with Crippen molar-refractivity contribution in [3.63, 3.8) is 0 Å². The molecule has 0 bridgehead atoms. The lowest BCUT2D eigenvalue weighted by Gasteiger charge is -2.10. The zero-order valence-corrected chi connectivity index (χ0v) is 17.3. The van der Waals surface area contributed by atoms with Gasteiger partial charge in [-0.3, -0.25) is 9.13 Å². The topological polar surface area (TPSA) is 174 Å². The molecule has 0 aromatic carbocycles. The average molecular weight is 430 g/mol. The van der Waals surface area contributed by atoms with Crippen molar-refractivity contribution in [3.8, 4) is 0 Å². The molecular formula is C15H32N2O8P2. The largest absolute Gasteiger partial charge is 0.353 e. The van der Waals surface area contributed by atoms with Crippen molar-refractivity contribution in [1.82, 2.24) is 0 Å². The number of unbranched alkanes of at least 4 members (excludes halogenated alkanes) is 10. The lowest BCUT2D eigenvalue weighted by molar-refractivity contribution is 0.351. The molecule has 10 nitrogen and oxygen atoms in total. The zero-order valence-electron chi connectivity index (χ0n) is 15.6. The monoisotopic (exact) mass is 430 g/mol. The molecule has 0 aliphatic carbocycles. The summed E-state index contributed by atoms with van der Waals surface area (Å²) in [7, 11) is -8.83. The maximum Gasteiger partial charge on any atom is 0.353 e. The van der Waals surface area contributed by atoms with E-state index in [1.54, 1.807) is 0 Å². The van der Waals surface area contributed by atoms with Crippen LogP contribution in [0.3, 0.4) is 0 Å². The van der Waals surface area contributed by atoms with Gasteiger partial charge in [0.2, 0.25) is 0 Å². The molecule has 0 saturated carbocycles. The molecule has 0 amide bonds. The molecule has 0 spiro atoms. The highest BCUT2D eigenvalue weighted by Crippen LogP contribution is 2.45. The second-order valence-electron chi connectivity index (χ2n) is 6.82. The van der Waals surface area contributed by atoms with E-state index in [4.69, 9.17) is 19.6 Å². The molecule has 0 aromatic heterocycles. The van der Waals surface area contributed by atoms with Crippen LogP contribution in [0.2, 0.25) is 0 Å². The fourth-order valence-electron chi connectivity index (χ4n) is 2.81. The van der Waals surface area contributed by atoms with Gasteiger partial charge in [0.05, 0.1) is 0 Å². The molecule has 27 heavy (non-hydrogen) atoms. The van der Waals surface area contributed by atoms with Crippen molar-refractivity contribution in [2.24, 2.45) is 10.4 Å². The van der Waals surface area contributed by atoms with Crippen LogP contribution in [0.15, 0.2) is 10.4 Å². The third kappa shape index (κ3) is 14.2. The smallest absolute Gasteiger partial charge is 0.323 e. The Morgan fingerprint density at radius 2 is 0.741 bits per heavy atom. The van der Waals surface area contributed by atoms with Crippen molar-refractivity contribution in [3.05, 3.63) is 9.81 Å². The lowest BCUT2D eigenvalue weighted by Crippen LogP contribution is -2.04.